The molecule has 0 amide bonds. The quantitative estimate of drug-likeness (QED) is 0.781. The van der Waals surface area contributed by atoms with Crippen LogP contribution >= 0.6 is 0 Å². The number of Topliss-reactive ketones (excluding diaryl/α,β-unsaturated/α-hetero) is 1. The van der Waals surface area contributed by atoms with Crippen molar-refractivity contribution in [3.05, 3.63) is 59.4 Å². The Hall–Kier alpha value is -2.36. The van der Waals surface area contributed by atoms with E-state index in [-0.39, 0.29) is 18.0 Å². The Bertz CT molecular complexity index is 623. The van der Waals surface area contributed by atoms with E-state index >= 15 is 0 Å². The summed E-state index contributed by atoms with van der Waals surface area (Å²) in [6.07, 6.45) is 0. The third kappa shape index (κ3) is 3.35. The molecule has 0 aliphatic rings. The highest BCUT2D eigenvalue weighted by Gasteiger charge is 2.10. The van der Waals surface area contributed by atoms with Gasteiger partial charge in [-0.2, -0.15) is 0 Å². The summed E-state index contributed by atoms with van der Waals surface area (Å²) < 4.78 is 23.9. The molecular formula is C16H15FO3. The van der Waals surface area contributed by atoms with E-state index in [1.54, 1.807) is 7.11 Å². The highest BCUT2D eigenvalue weighted by molar-refractivity contribution is 5.96. The number of rotatable bonds is 5. The van der Waals surface area contributed by atoms with E-state index in [0.717, 1.165) is 11.3 Å². The van der Waals surface area contributed by atoms with Crippen LogP contribution in [0.2, 0.25) is 0 Å². The van der Waals surface area contributed by atoms with Crippen molar-refractivity contribution in [3.8, 4) is 11.5 Å². The van der Waals surface area contributed by atoms with E-state index in [0.29, 0.717) is 5.75 Å². The van der Waals surface area contributed by atoms with Crippen molar-refractivity contribution in [2.75, 3.05) is 7.11 Å². The van der Waals surface area contributed by atoms with Gasteiger partial charge in [0.15, 0.2) is 5.78 Å². The maximum Gasteiger partial charge on any atom is 0.163 e. The Labute approximate surface area is 117 Å². The number of benzene rings is 2. The van der Waals surface area contributed by atoms with Gasteiger partial charge in [0.1, 0.15) is 23.9 Å². The minimum absolute atomic E-state index is 0.231. The van der Waals surface area contributed by atoms with Gasteiger partial charge in [-0.25, -0.2) is 4.39 Å². The summed E-state index contributed by atoms with van der Waals surface area (Å²) in [5.74, 6) is 0.424. The van der Waals surface area contributed by atoms with Crippen molar-refractivity contribution >= 4 is 5.78 Å². The van der Waals surface area contributed by atoms with Crippen LogP contribution in [0.25, 0.3) is 0 Å². The summed E-state index contributed by atoms with van der Waals surface area (Å²) in [7, 11) is 1.59. The summed E-state index contributed by atoms with van der Waals surface area (Å²) in [5, 5.41) is 0. The van der Waals surface area contributed by atoms with Crippen LogP contribution in [0, 0.1) is 5.82 Å². The number of carbonyl (C=O) groups is 1. The van der Waals surface area contributed by atoms with E-state index in [4.69, 9.17) is 9.47 Å². The van der Waals surface area contributed by atoms with Crippen LogP contribution in [0.4, 0.5) is 4.39 Å². The lowest BCUT2D eigenvalue weighted by Gasteiger charge is -2.10. The fourth-order valence-electron chi connectivity index (χ4n) is 1.83. The average Bonchev–Trinajstić information content (AvgIpc) is 2.46. The molecule has 0 aliphatic heterocycles. The molecular weight excluding hydrogens is 259 g/mol. The van der Waals surface area contributed by atoms with Gasteiger partial charge in [0.2, 0.25) is 0 Å². The molecule has 0 N–H and O–H groups in total. The highest BCUT2D eigenvalue weighted by atomic mass is 19.1. The van der Waals surface area contributed by atoms with Crippen LogP contribution in [0.5, 0.6) is 11.5 Å². The Morgan fingerprint density at radius 3 is 2.70 bits per heavy atom. The molecule has 2 aromatic rings. The SMILES string of the molecule is COc1cccc(COc2ccc(F)cc2C(C)=O)c1. The van der Waals surface area contributed by atoms with Crippen molar-refractivity contribution in [2.45, 2.75) is 13.5 Å². The number of methoxy groups -OCH3 is 1. The molecule has 20 heavy (non-hydrogen) atoms. The topological polar surface area (TPSA) is 35.5 Å². The van der Waals surface area contributed by atoms with Crippen molar-refractivity contribution in [1.82, 2.24) is 0 Å². The van der Waals surface area contributed by atoms with Crippen molar-refractivity contribution in [3.63, 3.8) is 0 Å². The summed E-state index contributed by atoms with van der Waals surface area (Å²) in [4.78, 5) is 11.5. The maximum atomic E-state index is 13.1. The first-order valence-corrected chi connectivity index (χ1v) is 6.16. The molecule has 3 nitrogen and oxygen atoms in total. The normalized spacial score (nSPS) is 10.2. The van der Waals surface area contributed by atoms with Gasteiger partial charge in [0.25, 0.3) is 0 Å². The van der Waals surface area contributed by atoms with Gasteiger partial charge in [0, 0.05) is 0 Å². The lowest BCUT2D eigenvalue weighted by Crippen LogP contribution is -2.02. The van der Waals surface area contributed by atoms with Crippen LogP contribution in [-0.2, 0) is 6.61 Å². The monoisotopic (exact) mass is 274 g/mol. The predicted octanol–water partition coefficient (Wildman–Crippen LogP) is 3.62. The molecule has 0 fully saturated rings. The van der Waals surface area contributed by atoms with Gasteiger partial charge < -0.3 is 9.47 Å². The summed E-state index contributed by atoms with van der Waals surface area (Å²) in [6, 6.07) is 11.3. The summed E-state index contributed by atoms with van der Waals surface area (Å²) in [6.45, 7) is 1.66. The molecule has 2 aromatic carbocycles. The fraction of sp³-hybridized carbons (Fsp3) is 0.188. The van der Waals surface area contributed by atoms with E-state index in [1.807, 2.05) is 24.3 Å². The van der Waals surface area contributed by atoms with E-state index in [2.05, 4.69) is 0 Å². The van der Waals surface area contributed by atoms with Gasteiger partial charge in [-0.1, -0.05) is 12.1 Å². The third-order valence-corrected chi connectivity index (χ3v) is 2.85. The molecule has 0 spiro atoms. The van der Waals surface area contributed by atoms with Gasteiger partial charge >= 0.3 is 0 Å². The number of carbonyl (C=O) groups excluding carboxylic acids is 1. The van der Waals surface area contributed by atoms with Crippen molar-refractivity contribution < 1.29 is 18.7 Å². The van der Waals surface area contributed by atoms with Gasteiger partial charge in [-0.15, -0.1) is 0 Å². The van der Waals surface area contributed by atoms with Gasteiger partial charge in [-0.05, 0) is 42.8 Å². The fourth-order valence-corrected chi connectivity index (χ4v) is 1.83. The largest absolute Gasteiger partial charge is 0.497 e. The molecule has 0 aromatic heterocycles. The number of hydrogen-bond donors (Lipinski definition) is 0. The number of ether oxygens (including phenoxy) is 2. The summed E-state index contributed by atoms with van der Waals surface area (Å²) >= 11 is 0. The molecule has 0 atom stereocenters. The minimum atomic E-state index is -0.455. The molecule has 0 saturated heterocycles. The Balaban J connectivity index is 2.16. The Morgan fingerprint density at radius 1 is 1.20 bits per heavy atom. The zero-order valence-electron chi connectivity index (χ0n) is 11.4. The zero-order chi connectivity index (χ0) is 14.5. The van der Waals surface area contributed by atoms with E-state index < -0.39 is 5.82 Å². The van der Waals surface area contributed by atoms with Crippen molar-refractivity contribution in [1.29, 1.82) is 0 Å². The molecule has 0 saturated carbocycles. The Kier molecular flexibility index (Phi) is 4.35. The molecule has 4 heteroatoms. The van der Waals surface area contributed by atoms with E-state index in [1.165, 1.54) is 25.1 Å². The smallest absolute Gasteiger partial charge is 0.163 e. The molecule has 0 aliphatic carbocycles. The molecule has 0 radical (unpaired) electrons. The van der Waals surface area contributed by atoms with Crippen LogP contribution in [0.1, 0.15) is 22.8 Å². The second-order valence-electron chi connectivity index (χ2n) is 4.34. The standard InChI is InChI=1S/C16H15FO3/c1-11(18)15-9-13(17)6-7-16(15)20-10-12-4-3-5-14(8-12)19-2/h3-9H,10H2,1-2H3. The first kappa shape index (κ1) is 14.1. The van der Waals surface area contributed by atoms with Crippen LogP contribution in [-0.4, -0.2) is 12.9 Å². The van der Waals surface area contributed by atoms with E-state index in [9.17, 15) is 9.18 Å². The number of hydrogen-bond acceptors (Lipinski definition) is 3. The van der Waals surface area contributed by atoms with Gasteiger partial charge in [-0.3, -0.25) is 4.79 Å². The van der Waals surface area contributed by atoms with Crippen LogP contribution in [0.3, 0.4) is 0 Å². The van der Waals surface area contributed by atoms with Crippen molar-refractivity contribution in [2.24, 2.45) is 0 Å². The molecule has 0 heterocycles. The lowest BCUT2D eigenvalue weighted by molar-refractivity contribution is 0.101. The molecule has 0 unspecified atom stereocenters. The lowest BCUT2D eigenvalue weighted by atomic mass is 10.1. The second kappa shape index (κ2) is 6.19. The van der Waals surface area contributed by atoms with Crippen LogP contribution in [0.15, 0.2) is 42.5 Å². The van der Waals surface area contributed by atoms with Crippen LogP contribution < -0.4 is 9.47 Å². The Morgan fingerprint density at radius 2 is 2.00 bits per heavy atom. The molecule has 2 rings (SSSR count). The predicted molar refractivity (Wildman–Crippen MR) is 73.7 cm³/mol. The molecule has 0 bridgehead atoms. The highest BCUT2D eigenvalue weighted by Crippen LogP contribution is 2.22. The maximum absolute atomic E-state index is 13.1. The second-order valence-corrected chi connectivity index (χ2v) is 4.34. The first-order chi connectivity index (χ1) is 9.60. The number of halogens is 1. The minimum Gasteiger partial charge on any atom is -0.497 e. The first-order valence-electron chi connectivity index (χ1n) is 6.16. The average molecular weight is 274 g/mol. The molecule has 104 valence electrons. The summed E-state index contributed by atoms with van der Waals surface area (Å²) in [5.41, 5.74) is 1.15. The zero-order valence-corrected chi connectivity index (χ0v) is 11.4. The third-order valence-electron chi connectivity index (χ3n) is 2.85. The van der Waals surface area contributed by atoms with Gasteiger partial charge in [0.05, 0.1) is 12.7 Å². The number of ketones is 1.